The quantitative estimate of drug-likeness (QED) is 0.790. The molecule has 7 nitrogen and oxygen atoms in total. The molecule has 2 atom stereocenters. The highest BCUT2D eigenvalue weighted by Gasteiger charge is 2.27. The number of piperidine rings is 1. The highest BCUT2D eigenvalue weighted by molar-refractivity contribution is 7.22. The van der Waals surface area contributed by atoms with Crippen molar-refractivity contribution < 1.29 is 9.59 Å². The molecule has 2 unspecified atom stereocenters. The number of benzene rings is 1. The molecule has 0 saturated carbocycles. The molecule has 1 N–H and O–H groups in total. The van der Waals surface area contributed by atoms with E-state index in [-0.39, 0.29) is 11.8 Å². The molecule has 2 saturated heterocycles. The Morgan fingerprint density at radius 3 is 2.33 bits per heavy atom. The van der Waals surface area contributed by atoms with E-state index in [4.69, 9.17) is 0 Å². The zero-order valence-electron chi connectivity index (χ0n) is 17.8. The van der Waals surface area contributed by atoms with Crippen LogP contribution < -0.4 is 5.32 Å². The fraction of sp³-hybridized carbons (Fsp3) is 0.591. The number of nitrogens with zero attached hydrogens (tertiary/aromatic N) is 4. The third-order valence-electron chi connectivity index (χ3n) is 5.95. The van der Waals surface area contributed by atoms with Crippen LogP contribution in [-0.4, -0.2) is 83.9 Å². The molecular weight excluding hydrogens is 398 g/mol. The largest absolute Gasteiger partial charge is 0.341 e. The number of hydrogen-bond donors (Lipinski definition) is 1. The minimum atomic E-state index is -0.0325. The zero-order valence-corrected chi connectivity index (χ0v) is 18.7. The number of rotatable bonds is 5. The van der Waals surface area contributed by atoms with Gasteiger partial charge >= 0.3 is 0 Å². The summed E-state index contributed by atoms with van der Waals surface area (Å²) in [7, 11) is 0. The third-order valence-corrected chi connectivity index (χ3v) is 6.90. The molecule has 2 fully saturated rings. The Morgan fingerprint density at radius 1 is 1.03 bits per heavy atom. The molecule has 8 heteroatoms. The standard InChI is InChI=1S/C22H31N5O2S/c1-16-11-17(2)13-27(12-16)21(29)15-26-9-7-25(8-10-26)14-20(28)24-22-23-18-5-3-4-6-19(18)30-22/h3-6,16-17H,7-15H2,1-2H3,(H,23,24,28). The van der Waals surface area contributed by atoms with Gasteiger partial charge in [0.05, 0.1) is 23.3 Å². The van der Waals surface area contributed by atoms with E-state index < -0.39 is 0 Å². The maximum Gasteiger partial charge on any atom is 0.240 e. The van der Waals surface area contributed by atoms with Crippen LogP contribution >= 0.6 is 11.3 Å². The van der Waals surface area contributed by atoms with Crippen LogP contribution in [0.4, 0.5) is 5.13 Å². The van der Waals surface area contributed by atoms with Gasteiger partial charge in [-0.2, -0.15) is 0 Å². The second-order valence-electron chi connectivity index (χ2n) is 8.83. The van der Waals surface area contributed by atoms with E-state index in [1.807, 2.05) is 29.2 Å². The Balaban J connectivity index is 1.20. The molecule has 1 aromatic heterocycles. The first-order chi connectivity index (χ1) is 14.5. The minimum absolute atomic E-state index is 0.0325. The molecule has 0 aliphatic carbocycles. The van der Waals surface area contributed by atoms with Gasteiger partial charge in [-0.05, 0) is 30.4 Å². The fourth-order valence-corrected chi connectivity index (χ4v) is 5.43. The second kappa shape index (κ2) is 9.41. The van der Waals surface area contributed by atoms with E-state index in [0.717, 1.165) is 49.5 Å². The van der Waals surface area contributed by atoms with Crippen molar-refractivity contribution in [2.45, 2.75) is 20.3 Å². The highest BCUT2D eigenvalue weighted by Crippen LogP contribution is 2.25. The van der Waals surface area contributed by atoms with Crippen LogP contribution in [0, 0.1) is 11.8 Å². The molecular formula is C22H31N5O2S. The lowest BCUT2D eigenvalue weighted by atomic mass is 9.92. The van der Waals surface area contributed by atoms with Gasteiger partial charge in [-0.25, -0.2) is 4.98 Å². The maximum absolute atomic E-state index is 12.7. The Labute approximate surface area is 182 Å². The number of fused-ring (bicyclic) bond motifs is 1. The normalized spacial score (nSPS) is 23.6. The molecule has 2 amide bonds. The second-order valence-corrected chi connectivity index (χ2v) is 9.86. The highest BCUT2D eigenvalue weighted by atomic mass is 32.1. The van der Waals surface area contributed by atoms with Crippen LogP contribution in [0.2, 0.25) is 0 Å². The van der Waals surface area contributed by atoms with Crippen molar-refractivity contribution in [1.82, 2.24) is 19.7 Å². The lowest BCUT2D eigenvalue weighted by molar-refractivity contribution is -0.135. The molecule has 0 radical (unpaired) electrons. The van der Waals surface area contributed by atoms with Crippen LogP contribution in [0.25, 0.3) is 10.2 Å². The van der Waals surface area contributed by atoms with Gasteiger partial charge in [0.25, 0.3) is 0 Å². The topological polar surface area (TPSA) is 68.8 Å². The predicted molar refractivity (Wildman–Crippen MR) is 121 cm³/mol. The number of carbonyl (C=O) groups excluding carboxylic acids is 2. The number of anilines is 1. The number of amides is 2. The average molecular weight is 430 g/mol. The number of thiazole rings is 1. The molecule has 3 heterocycles. The number of carbonyl (C=O) groups is 2. The maximum atomic E-state index is 12.7. The van der Waals surface area contributed by atoms with Crippen molar-refractivity contribution in [2.24, 2.45) is 11.8 Å². The molecule has 4 rings (SSSR count). The van der Waals surface area contributed by atoms with Crippen molar-refractivity contribution in [3.63, 3.8) is 0 Å². The van der Waals surface area contributed by atoms with E-state index in [0.29, 0.717) is 30.1 Å². The van der Waals surface area contributed by atoms with Crippen molar-refractivity contribution >= 4 is 38.5 Å². The van der Waals surface area contributed by atoms with Crippen LogP contribution in [0.5, 0.6) is 0 Å². The van der Waals surface area contributed by atoms with Gasteiger partial charge in [0.15, 0.2) is 5.13 Å². The smallest absolute Gasteiger partial charge is 0.240 e. The molecule has 162 valence electrons. The van der Waals surface area contributed by atoms with Gasteiger partial charge in [-0.3, -0.25) is 19.4 Å². The molecule has 1 aromatic carbocycles. The summed E-state index contributed by atoms with van der Waals surface area (Å²) in [6.45, 7) is 10.3. The minimum Gasteiger partial charge on any atom is -0.341 e. The summed E-state index contributed by atoms with van der Waals surface area (Å²) in [6, 6.07) is 7.88. The molecule has 2 aromatic rings. The monoisotopic (exact) mass is 429 g/mol. The zero-order chi connectivity index (χ0) is 21.1. The van der Waals surface area contributed by atoms with Gasteiger partial charge in [0.2, 0.25) is 11.8 Å². The van der Waals surface area contributed by atoms with Gasteiger partial charge in [-0.1, -0.05) is 37.3 Å². The number of aromatic nitrogens is 1. The van der Waals surface area contributed by atoms with Crippen molar-refractivity contribution in [3.05, 3.63) is 24.3 Å². The SMILES string of the molecule is CC1CC(C)CN(C(=O)CN2CCN(CC(=O)Nc3nc4ccccc4s3)CC2)C1. The van der Waals surface area contributed by atoms with Crippen molar-refractivity contribution in [3.8, 4) is 0 Å². The Morgan fingerprint density at radius 2 is 1.67 bits per heavy atom. The van der Waals surface area contributed by atoms with E-state index in [9.17, 15) is 9.59 Å². The lowest BCUT2D eigenvalue weighted by Crippen LogP contribution is -2.52. The van der Waals surface area contributed by atoms with E-state index in [1.165, 1.54) is 17.8 Å². The van der Waals surface area contributed by atoms with Crippen LogP contribution in [0.1, 0.15) is 20.3 Å². The summed E-state index contributed by atoms with van der Waals surface area (Å²) in [4.78, 5) is 36.0. The van der Waals surface area contributed by atoms with E-state index >= 15 is 0 Å². The summed E-state index contributed by atoms with van der Waals surface area (Å²) in [5.41, 5.74) is 0.911. The summed E-state index contributed by atoms with van der Waals surface area (Å²) in [6.07, 6.45) is 1.21. The van der Waals surface area contributed by atoms with E-state index in [2.05, 4.69) is 33.9 Å². The first-order valence-corrected chi connectivity index (χ1v) is 11.7. The van der Waals surface area contributed by atoms with Gasteiger partial charge in [-0.15, -0.1) is 0 Å². The van der Waals surface area contributed by atoms with Crippen molar-refractivity contribution in [1.29, 1.82) is 0 Å². The first kappa shape index (κ1) is 21.2. The molecule has 0 bridgehead atoms. The number of hydrogen-bond acceptors (Lipinski definition) is 6. The summed E-state index contributed by atoms with van der Waals surface area (Å²) >= 11 is 1.50. The number of piperazine rings is 1. The molecule has 2 aliphatic rings. The predicted octanol–water partition coefficient (Wildman–Crippen LogP) is 2.36. The van der Waals surface area contributed by atoms with Crippen LogP contribution in [0.15, 0.2) is 24.3 Å². The molecule has 0 spiro atoms. The Bertz CT molecular complexity index is 850. The summed E-state index contributed by atoms with van der Waals surface area (Å²) < 4.78 is 1.07. The molecule has 2 aliphatic heterocycles. The summed E-state index contributed by atoms with van der Waals surface area (Å²) in [5, 5.41) is 3.57. The number of para-hydroxylation sites is 1. The van der Waals surface area contributed by atoms with Gasteiger partial charge < -0.3 is 10.2 Å². The Hall–Kier alpha value is -2.03. The lowest BCUT2D eigenvalue weighted by Gasteiger charge is -2.38. The molecule has 30 heavy (non-hydrogen) atoms. The number of likely N-dealkylation sites (tertiary alicyclic amines) is 1. The average Bonchev–Trinajstić information content (AvgIpc) is 3.10. The first-order valence-electron chi connectivity index (χ1n) is 10.8. The van der Waals surface area contributed by atoms with Gasteiger partial charge in [0, 0.05) is 39.3 Å². The van der Waals surface area contributed by atoms with Gasteiger partial charge in [0.1, 0.15) is 0 Å². The summed E-state index contributed by atoms with van der Waals surface area (Å²) in [5.74, 6) is 1.39. The van der Waals surface area contributed by atoms with E-state index in [1.54, 1.807) is 0 Å². The van der Waals surface area contributed by atoms with Crippen LogP contribution in [-0.2, 0) is 9.59 Å². The Kier molecular flexibility index (Phi) is 6.65. The third kappa shape index (κ3) is 5.36. The number of nitrogens with one attached hydrogen (secondary N) is 1. The fourth-order valence-electron chi connectivity index (χ4n) is 4.55. The van der Waals surface area contributed by atoms with Crippen LogP contribution in [0.3, 0.4) is 0 Å². The van der Waals surface area contributed by atoms with Crippen molar-refractivity contribution in [2.75, 3.05) is 57.7 Å².